The molecular formula is C28H30FN4O4+. The summed E-state index contributed by atoms with van der Waals surface area (Å²) in [6, 6.07) is 18.4. The average Bonchev–Trinajstić information content (AvgIpc) is 2.80. The topological polar surface area (TPSA) is 87.2 Å². The van der Waals surface area contributed by atoms with Crippen LogP contribution in [0.25, 0.3) is 4.98 Å². The number of carbonyl (C=O) groups is 2. The molecule has 0 fully saturated rings. The van der Waals surface area contributed by atoms with Gasteiger partial charge in [0, 0.05) is 12.1 Å². The number of hydrogen-bond acceptors (Lipinski definition) is 5. The van der Waals surface area contributed by atoms with E-state index in [-0.39, 0.29) is 0 Å². The van der Waals surface area contributed by atoms with Crippen LogP contribution < -0.4 is 9.80 Å². The molecule has 0 unspecified atom stereocenters. The van der Waals surface area contributed by atoms with Gasteiger partial charge in [0.25, 0.3) is 0 Å². The van der Waals surface area contributed by atoms with Crippen LogP contribution in [0.2, 0.25) is 0 Å². The van der Waals surface area contributed by atoms with Crippen molar-refractivity contribution < 1.29 is 23.5 Å². The number of anilines is 4. The second-order valence-corrected chi connectivity index (χ2v) is 10.2. The lowest BCUT2D eigenvalue weighted by Crippen LogP contribution is -2.34. The standard InChI is InChI=1S/C28H30FN4O4/c1-27(2,3)36-25(34)32(21-11-7-19(29)8-12-21)23-15-17-24(18-16-23)33(26(35)37-28(4,5)6)22-13-9-20(31-30)10-14-22/h7-18H,1-6H3/q+1. The molecule has 0 N–H and O–H groups in total. The molecule has 8 nitrogen and oxygen atoms in total. The van der Waals surface area contributed by atoms with Crippen LogP contribution in [0.5, 0.6) is 0 Å². The predicted molar refractivity (Wildman–Crippen MR) is 141 cm³/mol. The molecule has 0 aliphatic carbocycles. The van der Waals surface area contributed by atoms with E-state index in [1.54, 1.807) is 90.1 Å². The summed E-state index contributed by atoms with van der Waals surface area (Å²) < 4.78 is 24.8. The number of hydrogen-bond donors (Lipinski definition) is 0. The van der Waals surface area contributed by atoms with E-state index in [0.29, 0.717) is 28.4 Å². The summed E-state index contributed by atoms with van der Waals surface area (Å²) in [4.78, 5) is 32.1. The minimum absolute atomic E-state index is 0.329. The molecule has 0 radical (unpaired) electrons. The van der Waals surface area contributed by atoms with Gasteiger partial charge in [-0.1, -0.05) is 0 Å². The molecule has 0 bridgehead atoms. The third kappa shape index (κ3) is 7.27. The number of halogens is 1. The van der Waals surface area contributed by atoms with Gasteiger partial charge in [0.2, 0.25) is 5.39 Å². The van der Waals surface area contributed by atoms with Crippen LogP contribution in [0.15, 0.2) is 72.8 Å². The Morgan fingerprint density at radius 1 is 0.649 bits per heavy atom. The van der Waals surface area contributed by atoms with Crippen LogP contribution in [-0.4, -0.2) is 23.4 Å². The number of benzene rings is 3. The number of rotatable bonds is 4. The van der Waals surface area contributed by atoms with Crippen molar-refractivity contribution in [3.63, 3.8) is 0 Å². The third-order valence-electron chi connectivity index (χ3n) is 4.83. The summed E-state index contributed by atoms with van der Waals surface area (Å²) in [5, 5.41) is 9.01. The van der Waals surface area contributed by atoms with Crippen molar-refractivity contribution >= 4 is 40.6 Å². The molecule has 0 atom stereocenters. The first-order valence-electron chi connectivity index (χ1n) is 11.6. The Bertz CT molecular complexity index is 1290. The highest BCUT2D eigenvalue weighted by Gasteiger charge is 2.28. The van der Waals surface area contributed by atoms with Crippen LogP contribution in [-0.2, 0) is 9.47 Å². The maximum atomic E-state index is 13.6. The summed E-state index contributed by atoms with van der Waals surface area (Å²) in [5.74, 6) is -0.434. The Balaban J connectivity index is 2.04. The van der Waals surface area contributed by atoms with E-state index < -0.39 is 29.2 Å². The van der Waals surface area contributed by atoms with Crippen molar-refractivity contribution in [3.8, 4) is 0 Å². The summed E-state index contributed by atoms with van der Waals surface area (Å²) in [6.07, 6.45) is -1.25. The molecule has 0 saturated carbocycles. The van der Waals surface area contributed by atoms with Gasteiger partial charge in [-0.05, 0) is 102 Å². The average molecular weight is 506 g/mol. The van der Waals surface area contributed by atoms with E-state index in [1.165, 1.54) is 34.1 Å². The van der Waals surface area contributed by atoms with Crippen molar-refractivity contribution in [2.24, 2.45) is 0 Å². The van der Waals surface area contributed by atoms with Crippen LogP contribution in [0, 0.1) is 11.2 Å². The maximum absolute atomic E-state index is 13.6. The molecule has 0 spiro atoms. The largest absolute Gasteiger partial charge is 0.443 e. The van der Waals surface area contributed by atoms with Gasteiger partial charge in [-0.2, -0.15) is 0 Å². The Morgan fingerprint density at radius 2 is 0.946 bits per heavy atom. The molecule has 3 aromatic carbocycles. The quantitative estimate of drug-likeness (QED) is 0.332. The van der Waals surface area contributed by atoms with Gasteiger partial charge < -0.3 is 9.47 Å². The minimum atomic E-state index is -0.754. The Morgan fingerprint density at radius 3 is 1.24 bits per heavy atom. The first-order chi connectivity index (χ1) is 17.3. The van der Waals surface area contributed by atoms with Crippen molar-refractivity contribution in [1.82, 2.24) is 0 Å². The molecule has 3 aromatic rings. The van der Waals surface area contributed by atoms with Crippen molar-refractivity contribution in [1.29, 1.82) is 5.39 Å². The Hall–Kier alpha value is -4.45. The maximum Gasteiger partial charge on any atom is 0.419 e. The predicted octanol–water partition coefficient (Wildman–Crippen LogP) is 8.46. The molecule has 2 amide bonds. The van der Waals surface area contributed by atoms with Gasteiger partial charge in [0.15, 0.2) is 4.98 Å². The second-order valence-electron chi connectivity index (χ2n) is 10.2. The number of carbonyl (C=O) groups excluding carboxylic acids is 2. The van der Waals surface area contributed by atoms with Crippen LogP contribution in [0.1, 0.15) is 41.5 Å². The molecule has 0 saturated heterocycles. The van der Waals surface area contributed by atoms with E-state index in [1.807, 2.05) is 0 Å². The third-order valence-corrected chi connectivity index (χ3v) is 4.83. The lowest BCUT2D eigenvalue weighted by molar-refractivity contribution is 0.0587. The van der Waals surface area contributed by atoms with Gasteiger partial charge in [0.05, 0.1) is 22.7 Å². The summed E-state index contributed by atoms with van der Waals surface area (Å²) >= 11 is 0. The number of nitrogens with zero attached hydrogens (tertiary/aromatic N) is 4. The number of diazo groups is 1. The van der Waals surface area contributed by atoms with Crippen molar-refractivity contribution in [3.05, 3.63) is 83.6 Å². The molecule has 0 aliphatic rings. The molecule has 0 aliphatic heterocycles. The number of ether oxygens (including phenoxy) is 2. The van der Waals surface area contributed by atoms with E-state index >= 15 is 0 Å². The smallest absolute Gasteiger partial charge is 0.419 e. The fraction of sp³-hybridized carbons (Fsp3) is 0.286. The zero-order valence-corrected chi connectivity index (χ0v) is 21.7. The van der Waals surface area contributed by atoms with Crippen LogP contribution in [0.4, 0.5) is 42.4 Å². The SMILES string of the molecule is CC(C)(C)OC(=O)N(c1ccc(F)cc1)c1ccc(N(C(=O)OC(C)(C)C)c2ccc([N+]#N)cc2)cc1. The lowest BCUT2D eigenvalue weighted by atomic mass is 10.2. The lowest BCUT2D eigenvalue weighted by Gasteiger charge is -2.29. The van der Waals surface area contributed by atoms with Crippen LogP contribution in [0.3, 0.4) is 0 Å². The fourth-order valence-corrected chi connectivity index (χ4v) is 3.34. The summed E-state index contributed by atoms with van der Waals surface area (Å²) in [7, 11) is 0. The normalized spacial score (nSPS) is 11.3. The van der Waals surface area contributed by atoms with E-state index in [0.717, 1.165) is 0 Å². The zero-order chi connectivity index (χ0) is 27.4. The first kappa shape index (κ1) is 27.1. The van der Waals surface area contributed by atoms with Crippen molar-refractivity contribution in [2.75, 3.05) is 9.80 Å². The van der Waals surface area contributed by atoms with Gasteiger partial charge >= 0.3 is 17.9 Å². The minimum Gasteiger partial charge on any atom is -0.443 e. The number of amides is 2. The molecule has 37 heavy (non-hydrogen) atoms. The highest BCUT2D eigenvalue weighted by atomic mass is 19.1. The highest BCUT2D eigenvalue weighted by molar-refractivity contribution is 5.99. The summed E-state index contributed by atoms with van der Waals surface area (Å²) in [6.45, 7) is 10.6. The van der Waals surface area contributed by atoms with Crippen LogP contribution >= 0.6 is 0 Å². The van der Waals surface area contributed by atoms with Gasteiger partial charge in [-0.15, -0.1) is 0 Å². The molecule has 192 valence electrons. The first-order valence-corrected chi connectivity index (χ1v) is 11.6. The van der Waals surface area contributed by atoms with Crippen molar-refractivity contribution in [2.45, 2.75) is 52.7 Å². The second kappa shape index (κ2) is 10.7. The van der Waals surface area contributed by atoms with E-state index in [4.69, 9.17) is 14.9 Å². The summed E-state index contributed by atoms with van der Waals surface area (Å²) in [5.41, 5.74) is 0.642. The molecule has 0 aromatic heterocycles. The van der Waals surface area contributed by atoms with Gasteiger partial charge in [-0.3, -0.25) is 0 Å². The fourth-order valence-electron chi connectivity index (χ4n) is 3.34. The molecule has 9 heteroatoms. The van der Waals surface area contributed by atoms with E-state index in [2.05, 4.69) is 4.98 Å². The zero-order valence-electron chi connectivity index (χ0n) is 21.7. The van der Waals surface area contributed by atoms with Gasteiger partial charge in [-0.25, -0.2) is 23.8 Å². The molecular weight excluding hydrogens is 475 g/mol. The van der Waals surface area contributed by atoms with E-state index in [9.17, 15) is 14.0 Å². The van der Waals surface area contributed by atoms with Gasteiger partial charge in [0.1, 0.15) is 17.0 Å². The molecule has 3 rings (SSSR count). The molecule has 0 heterocycles. The Kier molecular flexibility index (Phi) is 7.82. The highest BCUT2D eigenvalue weighted by Crippen LogP contribution is 2.33. The monoisotopic (exact) mass is 505 g/mol. The Labute approximate surface area is 215 Å².